The van der Waals surface area contributed by atoms with Crippen molar-refractivity contribution in [1.29, 1.82) is 0 Å². The zero-order valence-corrected chi connectivity index (χ0v) is 17.2. The van der Waals surface area contributed by atoms with E-state index in [0.717, 1.165) is 10.4 Å². The molecule has 2 aromatic carbocycles. The van der Waals surface area contributed by atoms with Crippen LogP contribution in [0.2, 0.25) is 0 Å². The fourth-order valence-electron chi connectivity index (χ4n) is 4.04. The number of halogens is 1. The summed E-state index contributed by atoms with van der Waals surface area (Å²) >= 11 is 1.58. The van der Waals surface area contributed by atoms with Crippen molar-refractivity contribution < 1.29 is 18.8 Å². The summed E-state index contributed by atoms with van der Waals surface area (Å²) in [6.45, 7) is 0.546. The van der Waals surface area contributed by atoms with E-state index in [-0.39, 0.29) is 42.9 Å². The minimum Gasteiger partial charge on any atom is -0.334 e. The highest BCUT2D eigenvalue weighted by Gasteiger charge is 2.40. The minimum absolute atomic E-state index is 0.0543. The number of thiophene rings is 1. The highest BCUT2D eigenvalue weighted by molar-refractivity contribution is 7.13. The Morgan fingerprint density at radius 2 is 1.94 bits per heavy atom. The van der Waals surface area contributed by atoms with E-state index >= 15 is 0 Å². The summed E-state index contributed by atoms with van der Waals surface area (Å²) in [6.07, 6.45) is 0. The summed E-state index contributed by atoms with van der Waals surface area (Å²) < 4.78 is 13.5. The van der Waals surface area contributed by atoms with Gasteiger partial charge in [0.1, 0.15) is 11.9 Å². The maximum atomic E-state index is 13.5. The molecule has 0 spiro atoms. The zero-order chi connectivity index (χ0) is 21.5. The van der Waals surface area contributed by atoms with E-state index in [1.54, 1.807) is 23.5 Å². The molecule has 0 saturated carbocycles. The van der Waals surface area contributed by atoms with Crippen LogP contribution in [0.5, 0.6) is 0 Å². The van der Waals surface area contributed by atoms with Gasteiger partial charge in [-0.3, -0.25) is 14.4 Å². The zero-order valence-electron chi connectivity index (χ0n) is 16.4. The van der Waals surface area contributed by atoms with Crippen LogP contribution < -0.4 is 5.32 Å². The minimum atomic E-state index is -0.809. The van der Waals surface area contributed by atoms with E-state index < -0.39 is 11.9 Å². The van der Waals surface area contributed by atoms with Crippen molar-refractivity contribution in [3.8, 4) is 10.4 Å². The lowest BCUT2D eigenvalue weighted by atomic mass is 10.1. The number of fused-ring (bicyclic) bond motifs is 2. The number of benzene rings is 2. The van der Waals surface area contributed by atoms with E-state index in [0.29, 0.717) is 11.3 Å². The van der Waals surface area contributed by atoms with E-state index in [2.05, 4.69) is 5.32 Å². The van der Waals surface area contributed by atoms with Crippen LogP contribution in [0, 0.1) is 5.82 Å². The molecule has 0 bridgehead atoms. The highest BCUT2D eigenvalue weighted by Crippen LogP contribution is 2.32. The molecule has 1 N–H and O–H groups in total. The van der Waals surface area contributed by atoms with Crippen molar-refractivity contribution in [2.75, 3.05) is 25.0 Å². The van der Waals surface area contributed by atoms with Gasteiger partial charge in [0, 0.05) is 23.5 Å². The Morgan fingerprint density at radius 3 is 2.71 bits per heavy atom. The summed E-state index contributed by atoms with van der Waals surface area (Å²) in [7, 11) is 0. The number of amides is 3. The molecule has 2 aliphatic heterocycles. The molecule has 0 aliphatic carbocycles. The molecule has 1 saturated heterocycles. The maximum absolute atomic E-state index is 13.5. The van der Waals surface area contributed by atoms with Crippen molar-refractivity contribution in [1.82, 2.24) is 9.80 Å². The van der Waals surface area contributed by atoms with Gasteiger partial charge in [-0.05, 0) is 47.3 Å². The third-order valence-corrected chi connectivity index (χ3v) is 6.54. The number of carbonyl (C=O) groups is 3. The van der Waals surface area contributed by atoms with Crippen LogP contribution >= 0.6 is 11.3 Å². The number of nitrogens with one attached hydrogen (secondary N) is 1. The fourth-order valence-corrected chi connectivity index (χ4v) is 4.76. The number of hydrogen-bond acceptors (Lipinski definition) is 4. The van der Waals surface area contributed by atoms with Crippen molar-refractivity contribution in [3.63, 3.8) is 0 Å². The summed E-state index contributed by atoms with van der Waals surface area (Å²) in [5.41, 5.74) is 2.03. The van der Waals surface area contributed by atoms with E-state index in [1.807, 2.05) is 23.6 Å². The number of anilines is 1. The number of nitrogens with zero attached hydrogens (tertiary/aromatic N) is 2. The third kappa shape index (κ3) is 3.48. The van der Waals surface area contributed by atoms with E-state index in [9.17, 15) is 18.8 Å². The van der Waals surface area contributed by atoms with Crippen LogP contribution in [0.25, 0.3) is 10.4 Å². The first-order valence-corrected chi connectivity index (χ1v) is 10.7. The molecule has 156 valence electrons. The van der Waals surface area contributed by atoms with Crippen LogP contribution in [0.3, 0.4) is 0 Å². The Kier molecular flexibility index (Phi) is 4.78. The van der Waals surface area contributed by atoms with Crippen molar-refractivity contribution >= 4 is 34.7 Å². The second-order valence-corrected chi connectivity index (χ2v) is 8.45. The quantitative estimate of drug-likeness (QED) is 0.670. The van der Waals surface area contributed by atoms with Crippen LogP contribution in [0.4, 0.5) is 10.1 Å². The monoisotopic (exact) mass is 435 g/mol. The van der Waals surface area contributed by atoms with Gasteiger partial charge in [-0.2, -0.15) is 0 Å². The smallest absolute Gasteiger partial charge is 0.256 e. The molecule has 3 amide bonds. The lowest BCUT2D eigenvalue weighted by molar-refractivity contribution is -0.121. The fraction of sp³-hybridized carbons (Fsp3) is 0.174. The van der Waals surface area contributed by atoms with Gasteiger partial charge in [0.2, 0.25) is 5.91 Å². The predicted octanol–water partition coefficient (Wildman–Crippen LogP) is 3.47. The van der Waals surface area contributed by atoms with Gasteiger partial charge >= 0.3 is 0 Å². The van der Waals surface area contributed by atoms with Gasteiger partial charge in [-0.1, -0.05) is 18.2 Å². The topological polar surface area (TPSA) is 69.7 Å². The van der Waals surface area contributed by atoms with Gasteiger partial charge in [0.25, 0.3) is 11.8 Å². The largest absolute Gasteiger partial charge is 0.334 e. The maximum Gasteiger partial charge on any atom is 0.256 e. The SMILES string of the molecule is O=C1Nc2ccc(-c3cccs3)cc2C(=O)N2CCN(C(=O)c3cccc(F)c3)CC12. The third-order valence-electron chi connectivity index (χ3n) is 5.62. The van der Waals surface area contributed by atoms with Crippen LogP contribution in [0.1, 0.15) is 20.7 Å². The molecule has 1 atom stereocenters. The molecule has 0 radical (unpaired) electrons. The number of carbonyl (C=O) groups excluding carboxylic acids is 3. The molecular formula is C23H18FN3O3S. The Balaban J connectivity index is 1.43. The van der Waals surface area contributed by atoms with Crippen LogP contribution in [0.15, 0.2) is 60.0 Å². The first kappa shape index (κ1) is 19.4. The molecule has 1 aromatic heterocycles. The molecule has 2 aliphatic rings. The van der Waals surface area contributed by atoms with E-state index in [4.69, 9.17) is 0 Å². The summed E-state index contributed by atoms with van der Waals surface area (Å²) in [4.78, 5) is 43.1. The average molecular weight is 435 g/mol. The first-order chi connectivity index (χ1) is 15.0. The Morgan fingerprint density at radius 1 is 1.06 bits per heavy atom. The molecule has 5 rings (SSSR count). The summed E-state index contributed by atoms with van der Waals surface area (Å²) in [5, 5.41) is 4.80. The Labute approximate surface area is 181 Å². The summed E-state index contributed by atoms with van der Waals surface area (Å²) in [6, 6.07) is 14.0. The van der Waals surface area contributed by atoms with E-state index in [1.165, 1.54) is 34.1 Å². The molecule has 1 fully saturated rings. The lowest BCUT2D eigenvalue weighted by Crippen LogP contribution is -2.59. The van der Waals surface area contributed by atoms with Crippen molar-refractivity contribution in [2.24, 2.45) is 0 Å². The lowest BCUT2D eigenvalue weighted by Gasteiger charge is -2.39. The standard InChI is InChI=1S/C23H18FN3O3S/c24-16-4-1-3-15(11-16)22(29)26-8-9-27-19(13-26)21(28)25-18-7-6-14(12-17(18)23(27)30)20-5-2-10-31-20/h1-7,10-12,19H,8-9,13H2,(H,25,28). The van der Waals surface area contributed by atoms with Gasteiger partial charge in [-0.25, -0.2) is 4.39 Å². The van der Waals surface area contributed by atoms with Crippen molar-refractivity contribution in [2.45, 2.75) is 6.04 Å². The first-order valence-electron chi connectivity index (χ1n) is 9.86. The molecule has 31 heavy (non-hydrogen) atoms. The number of piperazine rings is 1. The Hall–Kier alpha value is -3.52. The van der Waals surface area contributed by atoms with Gasteiger partial charge < -0.3 is 15.1 Å². The second kappa shape index (κ2) is 7.63. The van der Waals surface area contributed by atoms with Gasteiger partial charge in [0.05, 0.1) is 17.8 Å². The number of hydrogen-bond donors (Lipinski definition) is 1. The van der Waals surface area contributed by atoms with Gasteiger partial charge in [0.15, 0.2) is 0 Å². The second-order valence-electron chi connectivity index (χ2n) is 7.50. The van der Waals surface area contributed by atoms with Crippen molar-refractivity contribution in [3.05, 3.63) is 76.9 Å². The average Bonchev–Trinajstić information content (AvgIpc) is 3.30. The predicted molar refractivity (Wildman–Crippen MR) is 116 cm³/mol. The normalized spacial score (nSPS) is 18.2. The summed E-state index contributed by atoms with van der Waals surface area (Å²) in [5.74, 6) is -1.44. The Bertz CT molecular complexity index is 1190. The van der Waals surface area contributed by atoms with Crippen LogP contribution in [-0.2, 0) is 4.79 Å². The molecule has 6 nitrogen and oxygen atoms in total. The van der Waals surface area contributed by atoms with Gasteiger partial charge in [-0.15, -0.1) is 11.3 Å². The molecule has 3 heterocycles. The molecular weight excluding hydrogens is 417 g/mol. The number of rotatable bonds is 2. The molecule has 3 aromatic rings. The molecule has 1 unspecified atom stereocenters. The highest BCUT2D eigenvalue weighted by atomic mass is 32.1. The molecule has 8 heteroatoms. The van der Waals surface area contributed by atoms with Crippen LogP contribution in [-0.4, -0.2) is 53.2 Å².